The van der Waals surface area contributed by atoms with Crippen LogP contribution in [0.4, 0.5) is 11.4 Å². The van der Waals surface area contributed by atoms with Crippen molar-refractivity contribution in [3.05, 3.63) is 58.6 Å². The molecule has 1 aliphatic heterocycles. The summed E-state index contributed by atoms with van der Waals surface area (Å²) >= 11 is 6.04. The topological polar surface area (TPSA) is 81.8 Å². The van der Waals surface area contributed by atoms with Crippen LogP contribution >= 0.6 is 11.6 Å². The average molecular weight is 443 g/mol. The maximum Gasteiger partial charge on any atom is 0.253 e. The lowest BCUT2D eigenvalue weighted by atomic mass is 10.1. The lowest BCUT2D eigenvalue weighted by Gasteiger charge is -2.19. The fraction of sp³-hybridized carbons (Fsp3) is 0.348. The summed E-state index contributed by atoms with van der Waals surface area (Å²) < 4.78 is 0. The molecule has 1 saturated heterocycles. The van der Waals surface area contributed by atoms with Gasteiger partial charge in [-0.3, -0.25) is 14.4 Å². The molecule has 8 heteroatoms. The fourth-order valence-electron chi connectivity index (χ4n) is 3.46. The third-order valence-corrected chi connectivity index (χ3v) is 5.58. The molecule has 0 bridgehead atoms. The minimum absolute atomic E-state index is 0.0378. The van der Waals surface area contributed by atoms with Crippen molar-refractivity contribution in [3.8, 4) is 0 Å². The van der Waals surface area contributed by atoms with Gasteiger partial charge < -0.3 is 20.4 Å². The number of nitrogens with zero attached hydrogens (tertiary/aromatic N) is 2. The lowest BCUT2D eigenvalue weighted by Crippen LogP contribution is -2.38. The van der Waals surface area contributed by atoms with Gasteiger partial charge in [-0.2, -0.15) is 0 Å². The molecule has 1 aliphatic rings. The number of carbonyl (C=O) groups excluding carboxylic acids is 3. The molecule has 0 radical (unpaired) electrons. The number of likely N-dealkylation sites (tertiary alicyclic amines) is 1. The SMILES string of the molecule is Cc1cc(C(=O)N2CCCC2)ccc1NCC(=O)N(C)CC(=O)Nc1ccccc1Cl. The highest BCUT2D eigenvalue weighted by Gasteiger charge is 2.20. The van der Waals surface area contributed by atoms with Crippen molar-refractivity contribution in [3.63, 3.8) is 0 Å². The van der Waals surface area contributed by atoms with Crippen LogP contribution in [0.25, 0.3) is 0 Å². The zero-order valence-corrected chi connectivity index (χ0v) is 18.5. The maximum absolute atomic E-state index is 12.5. The molecule has 0 saturated carbocycles. The predicted molar refractivity (Wildman–Crippen MR) is 123 cm³/mol. The quantitative estimate of drug-likeness (QED) is 0.688. The Balaban J connectivity index is 1.50. The van der Waals surface area contributed by atoms with Gasteiger partial charge in [0.25, 0.3) is 5.91 Å². The van der Waals surface area contributed by atoms with Gasteiger partial charge in [0.1, 0.15) is 0 Å². The van der Waals surface area contributed by atoms with Crippen LogP contribution < -0.4 is 10.6 Å². The standard InChI is InChI=1S/C23H27ClN4O3/c1-16-13-17(23(31)28-11-5-6-12-28)9-10-19(16)25-14-22(30)27(2)15-21(29)26-20-8-4-3-7-18(20)24/h3-4,7-10,13,25H,5-6,11-12,14-15H2,1-2H3,(H,26,29). The van der Waals surface area contributed by atoms with E-state index in [9.17, 15) is 14.4 Å². The number of aryl methyl sites for hydroxylation is 1. The van der Waals surface area contributed by atoms with Gasteiger partial charge in [-0.05, 0) is 55.7 Å². The Morgan fingerprint density at radius 3 is 2.45 bits per heavy atom. The molecule has 31 heavy (non-hydrogen) atoms. The second-order valence-electron chi connectivity index (χ2n) is 7.66. The van der Waals surface area contributed by atoms with Crippen LogP contribution in [0, 0.1) is 6.92 Å². The molecule has 164 valence electrons. The number of carbonyl (C=O) groups is 3. The van der Waals surface area contributed by atoms with Gasteiger partial charge in [-0.1, -0.05) is 23.7 Å². The van der Waals surface area contributed by atoms with Crippen LogP contribution in [-0.4, -0.2) is 60.7 Å². The minimum Gasteiger partial charge on any atom is -0.376 e. The molecule has 0 spiro atoms. The van der Waals surface area contributed by atoms with E-state index in [2.05, 4.69) is 10.6 Å². The molecule has 0 aliphatic carbocycles. The Labute approximate surface area is 187 Å². The van der Waals surface area contributed by atoms with Crippen molar-refractivity contribution in [2.75, 3.05) is 43.9 Å². The van der Waals surface area contributed by atoms with E-state index in [0.717, 1.165) is 37.2 Å². The molecule has 2 aromatic rings. The molecule has 3 amide bonds. The first kappa shape index (κ1) is 22.6. The first-order chi connectivity index (χ1) is 14.8. The first-order valence-electron chi connectivity index (χ1n) is 10.3. The average Bonchev–Trinajstić information content (AvgIpc) is 3.28. The molecule has 7 nitrogen and oxygen atoms in total. The summed E-state index contributed by atoms with van der Waals surface area (Å²) in [6, 6.07) is 12.4. The van der Waals surface area contributed by atoms with Crippen LogP contribution in [0.2, 0.25) is 5.02 Å². The molecule has 0 atom stereocenters. The van der Waals surface area contributed by atoms with E-state index < -0.39 is 0 Å². The number of likely N-dealkylation sites (N-methyl/N-ethyl adjacent to an activating group) is 1. The van der Waals surface area contributed by atoms with Crippen LogP contribution in [0.5, 0.6) is 0 Å². The van der Waals surface area contributed by atoms with Crippen LogP contribution in [0.15, 0.2) is 42.5 Å². The lowest BCUT2D eigenvalue weighted by molar-refractivity contribution is -0.131. The van der Waals surface area contributed by atoms with Crippen molar-refractivity contribution in [2.24, 2.45) is 0 Å². The number of anilines is 2. The van der Waals surface area contributed by atoms with Crippen LogP contribution in [0.3, 0.4) is 0 Å². The number of amides is 3. The molecule has 1 heterocycles. The number of benzene rings is 2. The molecule has 3 rings (SSSR count). The van der Waals surface area contributed by atoms with Crippen LogP contribution in [-0.2, 0) is 9.59 Å². The van der Waals surface area contributed by atoms with Gasteiger partial charge in [0.15, 0.2) is 0 Å². The summed E-state index contributed by atoms with van der Waals surface area (Å²) in [6.07, 6.45) is 2.10. The van der Waals surface area contributed by atoms with Gasteiger partial charge in [-0.25, -0.2) is 0 Å². The summed E-state index contributed by atoms with van der Waals surface area (Å²) in [7, 11) is 1.57. The van der Waals surface area contributed by atoms with Gasteiger partial charge in [0.2, 0.25) is 11.8 Å². The Morgan fingerprint density at radius 1 is 1.06 bits per heavy atom. The summed E-state index contributed by atoms with van der Waals surface area (Å²) in [5, 5.41) is 6.23. The van der Waals surface area contributed by atoms with E-state index >= 15 is 0 Å². The molecular weight excluding hydrogens is 416 g/mol. The Morgan fingerprint density at radius 2 is 1.77 bits per heavy atom. The second-order valence-corrected chi connectivity index (χ2v) is 8.07. The van der Waals surface area contributed by atoms with Crippen molar-refractivity contribution in [1.29, 1.82) is 0 Å². The highest BCUT2D eigenvalue weighted by molar-refractivity contribution is 6.33. The van der Waals surface area contributed by atoms with Crippen molar-refractivity contribution >= 4 is 40.7 Å². The smallest absolute Gasteiger partial charge is 0.253 e. The summed E-state index contributed by atoms with van der Waals surface area (Å²) in [5.74, 6) is -0.511. The number of rotatable bonds is 7. The monoisotopic (exact) mass is 442 g/mol. The largest absolute Gasteiger partial charge is 0.376 e. The van der Waals surface area contributed by atoms with Crippen molar-refractivity contribution in [2.45, 2.75) is 19.8 Å². The molecule has 0 unspecified atom stereocenters. The number of hydrogen-bond donors (Lipinski definition) is 2. The van der Waals surface area contributed by atoms with Gasteiger partial charge >= 0.3 is 0 Å². The number of halogens is 1. The van der Waals surface area contributed by atoms with E-state index in [4.69, 9.17) is 11.6 Å². The summed E-state index contributed by atoms with van der Waals surface area (Å²) in [5.41, 5.74) is 2.83. The van der Waals surface area contributed by atoms with Gasteiger partial charge in [0.05, 0.1) is 23.8 Å². The molecule has 2 aromatic carbocycles. The van der Waals surface area contributed by atoms with E-state index in [1.807, 2.05) is 24.0 Å². The third kappa shape index (κ3) is 5.98. The normalized spacial score (nSPS) is 13.1. The summed E-state index contributed by atoms with van der Waals surface area (Å²) in [6.45, 7) is 3.46. The molecule has 0 aromatic heterocycles. The van der Waals surface area contributed by atoms with Crippen molar-refractivity contribution in [1.82, 2.24) is 9.80 Å². The summed E-state index contributed by atoms with van der Waals surface area (Å²) in [4.78, 5) is 40.4. The zero-order chi connectivity index (χ0) is 22.4. The van der Waals surface area contributed by atoms with Gasteiger partial charge in [-0.15, -0.1) is 0 Å². The van der Waals surface area contributed by atoms with Crippen LogP contribution in [0.1, 0.15) is 28.8 Å². The van der Waals surface area contributed by atoms with Gasteiger partial charge in [0, 0.05) is 31.4 Å². The maximum atomic E-state index is 12.5. The number of nitrogens with one attached hydrogen (secondary N) is 2. The van der Waals surface area contributed by atoms with E-state index in [1.165, 1.54) is 4.90 Å². The second kappa shape index (κ2) is 10.3. The molecule has 1 fully saturated rings. The highest BCUT2D eigenvalue weighted by Crippen LogP contribution is 2.21. The molecule has 2 N–H and O–H groups in total. The van der Waals surface area contributed by atoms with Crippen molar-refractivity contribution < 1.29 is 14.4 Å². The predicted octanol–water partition coefficient (Wildman–Crippen LogP) is 3.39. The highest BCUT2D eigenvalue weighted by atomic mass is 35.5. The Hall–Kier alpha value is -3.06. The first-order valence-corrected chi connectivity index (χ1v) is 10.6. The van der Waals surface area contributed by atoms with E-state index in [0.29, 0.717) is 16.3 Å². The molecular formula is C23H27ClN4O3. The number of para-hydroxylation sites is 1. The Kier molecular flexibility index (Phi) is 7.52. The Bertz CT molecular complexity index is 973. The third-order valence-electron chi connectivity index (χ3n) is 5.25. The minimum atomic E-state index is -0.329. The zero-order valence-electron chi connectivity index (χ0n) is 17.8. The fourth-order valence-corrected chi connectivity index (χ4v) is 3.64. The number of hydrogen-bond acceptors (Lipinski definition) is 4. The van der Waals surface area contributed by atoms with E-state index in [1.54, 1.807) is 37.4 Å². The van der Waals surface area contributed by atoms with E-state index in [-0.39, 0.29) is 30.8 Å².